The zero-order valence-corrected chi connectivity index (χ0v) is 18.6. The van der Waals surface area contributed by atoms with E-state index in [2.05, 4.69) is 10.3 Å². The number of alkyl halides is 6. The van der Waals surface area contributed by atoms with Crippen molar-refractivity contribution in [3.63, 3.8) is 0 Å². The first kappa shape index (κ1) is 28.0. The third-order valence-corrected chi connectivity index (χ3v) is 5.49. The number of halogens is 6. The van der Waals surface area contributed by atoms with Crippen molar-refractivity contribution < 1.29 is 45.8 Å². The van der Waals surface area contributed by atoms with Crippen LogP contribution >= 0.6 is 11.3 Å². The molecule has 1 unspecified atom stereocenters. The van der Waals surface area contributed by atoms with Gasteiger partial charge in [0, 0.05) is 23.5 Å². The van der Waals surface area contributed by atoms with Gasteiger partial charge < -0.3 is 16.2 Å². The van der Waals surface area contributed by atoms with Gasteiger partial charge in [0.25, 0.3) is 5.91 Å². The molecule has 1 aromatic heterocycles. The molecular formula is C20H20F6N4O4S. The average molecular weight is 526 g/mol. The first-order valence-corrected chi connectivity index (χ1v) is 10.8. The van der Waals surface area contributed by atoms with Crippen LogP contribution in [0, 0.1) is 0 Å². The molecule has 35 heavy (non-hydrogen) atoms. The lowest BCUT2D eigenvalue weighted by Gasteiger charge is -2.32. The highest BCUT2D eigenvalue weighted by atomic mass is 32.1. The van der Waals surface area contributed by atoms with Crippen molar-refractivity contribution in [1.82, 2.24) is 15.2 Å². The standard InChI is InChI=1S/C18H19F3N4O2S.C2HF3O2/c19-18(20,21)12-4-1-3-11(7-12)14-10-28-17(24-14)16(27)23-13-5-2-6-25(8-13)9-15(22)26;3-2(4,5)1(6)7/h1,3-4,7,10,13H,2,5-6,8-9H2,(H2,22,26)(H,23,27);(H,6,7). The quantitative estimate of drug-likeness (QED) is 0.514. The van der Waals surface area contributed by atoms with E-state index in [1.54, 1.807) is 5.38 Å². The molecule has 1 fully saturated rings. The maximum absolute atomic E-state index is 12.9. The fraction of sp³-hybridized carbons (Fsp3) is 0.400. The number of thiazole rings is 1. The number of benzene rings is 1. The van der Waals surface area contributed by atoms with E-state index in [0.29, 0.717) is 17.8 Å². The van der Waals surface area contributed by atoms with Gasteiger partial charge in [-0.2, -0.15) is 26.3 Å². The van der Waals surface area contributed by atoms with Crippen molar-refractivity contribution in [2.24, 2.45) is 5.73 Å². The predicted molar refractivity (Wildman–Crippen MR) is 112 cm³/mol. The molecule has 3 rings (SSSR count). The first-order chi connectivity index (χ1) is 16.2. The Morgan fingerprint density at radius 3 is 2.43 bits per heavy atom. The summed E-state index contributed by atoms with van der Waals surface area (Å²) in [5.74, 6) is -3.56. The van der Waals surface area contributed by atoms with Gasteiger partial charge in [-0.1, -0.05) is 12.1 Å². The van der Waals surface area contributed by atoms with E-state index in [9.17, 15) is 35.9 Å². The van der Waals surface area contributed by atoms with E-state index in [0.717, 1.165) is 42.9 Å². The largest absolute Gasteiger partial charge is 0.490 e. The van der Waals surface area contributed by atoms with Gasteiger partial charge in [-0.15, -0.1) is 11.3 Å². The van der Waals surface area contributed by atoms with E-state index in [1.165, 1.54) is 12.1 Å². The molecule has 192 valence electrons. The Labute approximate surface area is 198 Å². The number of likely N-dealkylation sites (tertiary alicyclic amines) is 1. The summed E-state index contributed by atoms with van der Waals surface area (Å²) in [4.78, 5) is 38.5. The maximum atomic E-state index is 12.9. The smallest absolute Gasteiger partial charge is 0.475 e. The lowest BCUT2D eigenvalue weighted by molar-refractivity contribution is -0.192. The molecule has 1 aliphatic heterocycles. The minimum Gasteiger partial charge on any atom is -0.475 e. The minimum absolute atomic E-state index is 0.137. The summed E-state index contributed by atoms with van der Waals surface area (Å²) in [6, 6.07) is 4.70. The summed E-state index contributed by atoms with van der Waals surface area (Å²) in [5, 5.41) is 11.7. The maximum Gasteiger partial charge on any atom is 0.490 e. The van der Waals surface area contributed by atoms with Gasteiger partial charge >= 0.3 is 18.3 Å². The van der Waals surface area contributed by atoms with Crippen LogP contribution in [0.1, 0.15) is 28.2 Å². The van der Waals surface area contributed by atoms with Crippen LogP contribution in [-0.4, -0.2) is 64.6 Å². The second-order valence-corrected chi connectivity index (χ2v) is 8.29. The van der Waals surface area contributed by atoms with Gasteiger partial charge in [-0.05, 0) is 31.5 Å². The second kappa shape index (κ2) is 11.5. The number of hydrogen-bond donors (Lipinski definition) is 3. The molecule has 1 saturated heterocycles. The lowest BCUT2D eigenvalue weighted by atomic mass is 10.1. The van der Waals surface area contributed by atoms with Gasteiger partial charge in [0.05, 0.1) is 17.8 Å². The van der Waals surface area contributed by atoms with Crippen LogP contribution in [0.2, 0.25) is 0 Å². The molecule has 1 atom stereocenters. The average Bonchev–Trinajstić information content (AvgIpc) is 3.23. The van der Waals surface area contributed by atoms with Crippen molar-refractivity contribution in [2.45, 2.75) is 31.2 Å². The number of hydrogen-bond acceptors (Lipinski definition) is 6. The molecule has 15 heteroatoms. The molecule has 4 N–H and O–H groups in total. The fourth-order valence-corrected chi connectivity index (χ4v) is 3.88. The zero-order valence-electron chi connectivity index (χ0n) is 17.8. The second-order valence-electron chi connectivity index (χ2n) is 7.43. The normalized spacial score (nSPS) is 16.7. The Balaban J connectivity index is 0.000000540. The minimum atomic E-state index is -5.08. The van der Waals surface area contributed by atoms with Crippen LogP contribution in [0.3, 0.4) is 0 Å². The highest BCUT2D eigenvalue weighted by Gasteiger charge is 2.38. The number of rotatable bonds is 5. The zero-order chi connectivity index (χ0) is 26.4. The Morgan fingerprint density at radius 2 is 1.86 bits per heavy atom. The van der Waals surface area contributed by atoms with Crippen LogP contribution in [-0.2, 0) is 15.8 Å². The summed E-state index contributed by atoms with van der Waals surface area (Å²) in [6.07, 6.45) is -7.93. The van der Waals surface area contributed by atoms with Crippen molar-refractivity contribution >= 4 is 29.1 Å². The van der Waals surface area contributed by atoms with Gasteiger partial charge in [-0.3, -0.25) is 14.5 Å². The summed E-state index contributed by atoms with van der Waals surface area (Å²) in [7, 11) is 0. The molecule has 8 nitrogen and oxygen atoms in total. The van der Waals surface area contributed by atoms with Gasteiger partial charge in [0.15, 0.2) is 5.01 Å². The van der Waals surface area contributed by atoms with E-state index >= 15 is 0 Å². The monoisotopic (exact) mass is 526 g/mol. The molecular weight excluding hydrogens is 506 g/mol. The highest BCUT2D eigenvalue weighted by molar-refractivity contribution is 7.12. The Bertz CT molecular complexity index is 1060. The highest BCUT2D eigenvalue weighted by Crippen LogP contribution is 2.32. The topological polar surface area (TPSA) is 126 Å². The van der Waals surface area contributed by atoms with Crippen LogP contribution in [0.4, 0.5) is 26.3 Å². The number of primary amides is 1. The van der Waals surface area contributed by atoms with Crippen molar-refractivity contribution in [3.8, 4) is 11.3 Å². The number of nitrogens with two attached hydrogens (primary N) is 1. The molecule has 1 aliphatic rings. The Kier molecular flexibility index (Phi) is 9.20. The lowest BCUT2D eigenvalue weighted by Crippen LogP contribution is -2.49. The number of nitrogens with zero attached hydrogens (tertiary/aromatic N) is 2. The Hall–Kier alpha value is -3.20. The molecule has 0 bridgehead atoms. The summed E-state index contributed by atoms with van der Waals surface area (Å²) in [6.45, 7) is 1.40. The van der Waals surface area contributed by atoms with E-state index in [-0.39, 0.29) is 23.5 Å². The molecule has 2 aromatic rings. The molecule has 2 amide bonds. The summed E-state index contributed by atoms with van der Waals surface area (Å²) < 4.78 is 70.4. The Morgan fingerprint density at radius 1 is 1.20 bits per heavy atom. The summed E-state index contributed by atoms with van der Waals surface area (Å²) >= 11 is 1.07. The third-order valence-electron chi connectivity index (χ3n) is 4.65. The number of aliphatic carboxylic acids is 1. The summed E-state index contributed by atoms with van der Waals surface area (Å²) in [5.41, 5.74) is 5.07. The van der Waals surface area contributed by atoms with Crippen molar-refractivity contribution in [2.75, 3.05) is 19.6 Å². The SMILES string of the molecule is NC(=O)CN1CCCC(NC(=O)c2nc(-c3cccc(C(F)(F)F)c3)cs2)C1.O=C(O)C(F)(F)F. The number of carbonyl (C=O) groups excluding carboxylic acids is 2. The van der Waals surface area contributed by atoms with Crippen LogP contribution in [0.25, 0.3) is 11.3 Å². The number of nitrogens with one attached hydrogen (secondary N) is 1. The van der Waals surface area contributed by atoms with Crippen LogP contribution < -0.4 is 11.1 Å². The number of piperidine rings is 1. The van der Waals surface area contributed by atoms with Gasteiger partial charge in [0.1, 0.15) is 0 Å². The van der Waals surface area contributed by atoms with Gasteiger partial charge in [0.2, 0.25) is 5.91 Å². The van der Waals surface area contributed by atoms with E-state index in [1.807, 2.05) is 4.90 Å². The molecule has 0 spiro atoms. The van der Waals surface area contributed by atoms with Crippen molar-refractivity contribution in [1.29, 1.82) is 0 Å². The molecule has 0 saturated carbocycles. The van der Waals surface area contributed by atoms with Crippen LogP contribution in [0.5, 0.6) is 0 Å². The molecule has 0 aliphatic carbocycles. The van der Waals surface area contributed by atoms with E-state index in [4.69, 9.17) is 15.6 Å². The number of amides is 2. The van der Waals surface area contributed by atoms with Gasteiger partial charge in [-0.25, -0.2) is 9.78 Å². The number of aromatic nitrogens is 1. The van der Waals surface area contributed by atoms with E-state index < -0.39 is 29.8 Å². The fourth-order valence-electron chi connectivity index (χ4n) is 3.15. The molecule has 2 heterocycles. The molecule has 1 aromatic carbocycles. The van der Waals surface area contributed by atoms with Crippen molar-refractivity contribution in [3.05, 3.63) is 40.2 Å². The number of carboxylic acids is 1. The number of carbonyl (C=O) groups is 3. The first-order valence-electron chi connectivity index (χ1n) is 9.91. The van der Waals surface area contributed by atoms with Crippen LogP contribution in [0.15, 0.2) is 29.6 Å². The molecule has 0 radical (unpaired) electrons. The third kappa shape index (κ3) is 8.83. The predicted octanol–water partition coefficient (Wildman–Crippen LogP) is 3.14. The number of carboxylic acid groups (broad SMARTS) is 1.